The predicted molar refractivity (Wildman–Crippen MR) is 139 cm³/mol. The molecule has 2 aromatic carbocycles. The smallest absolute Gasteiger partial charge is 0.279 e. The van der Waals surface area contributed by atoms with Crippen molar-refractivity contribution in [3.8, 4) is 0 Å². The molecule has 184 valence electrons. The van der Waals surface area contributed by atoms with E-state index in [0.717, 1.165) is 51.4 Å². The first kappa shape index (κ1) is 22.9. The van der Waals surface area contributed by atoms with Gasteiger partial charge in [-0.2, -0.15) is 0 Å². The monoisotopic (exact) mass is 502 g/mol. The molecule has 9 heteroatoms. The van der Waals surface area contributed by atoms with E-state index in [9.17, 15) is 4.79 Å². The third kappa shape index (κ3) is 3.47. The molecular formula is C27H27ClN6O2. The average Bonchev–Trinajstić information content (AvgIpc) is 3.52. The topological polar surface area (TPSA) is 78.1 Å². The van der Waals surface area contributed by atoms with Crippen molar-refractivity contribution in [2.24, 2.45) is 7.05 Å². The van der Waals surface area contributed by atoms with E-state index in [2.05, 4.69) is 34.8 Å². The lowest BCUT2D eigenvalue weighted by atomic mass is 10.0. The van der Waals surface area contributed by atoms with Gasteiger partial charge in [0, 0.05) is 23.8 Å². The summed E-state index contributed by atoms with van der Waals surface area (Å²) in [5.74, 6) is 0.736. The Morgan fingerprint density at radius 3 is 2.64 bits per heavy atom. The number of hydrogen-bond donors (Lipinski definition) is 0. The lowest BCUT2D eigenvalue weighted by molar-refractivity contribution is 0.0989. The molecule has 0 saturated heterocycles. The van der Waals surface area contributed by atoms with Crippen LogP contribution < -0.4 is 4.90 Å². The van der Waals surface area contributed by atoms with Gasteiger partial charge in [-0.15, -0.1) is 5.10 Å². The van der Waals surface area contributed by atoms with Gasteiger partial charge in [0.2, 0.25) is 0 Å². The Hall–Kier alpha value is -3.49. The van der Waals surface area contributed by atoms with Gasteiger partial charge in [0.1, 0.15) is 17.4 Å². The maximum absolute atomic E-state index is 14.1. The number of imidazole rings is 1. The first-order valence-corrected chi connectivity index (χ1v) is 12.5. The molecule has 8 nitrogen and oxygen atoms in total. The van der Waals surface area contributed by atoms with Crippen molar-refractivity contribution in [1.82, 2.24) is 24.5 Å². The van der Waals surface area contributed by atoms with Crippen LogP contribution in [0.2, 0.25) is 5.02 Å². The molecule has 6 rings (SSSR count). The van der Waals surface area contributed by atoms with Crippen molar-refractivity contribution in [1.29, 1.82) is 0 Å². The van der Waals surface area contributed by atoms with Crippen LogP contribution in [0.5, 0.6) is 0 Å². The number of carbonyl (C=O) groups is 1. The second kappa shape index (κ2) is 8.57. The number of hydrogen-bond acceptors (Lipinski definition) is 5. The van der Waals surface area contributed by atoms with E-state index in [-0.39, 0.29) is 18.0 Å². The average molecular weight is 503 g/mol. The number of amides is 1. The largest absolute Gasteiger partial charge is 0.377 e. The van der Waals surface area contributed by atoms with Crippen LogP contribution in [0.15, 0.2) is 42.5 Å². The Morgan fingerprint density at radius 1 is 1.17 bits per heavy atom. The third-order valence-corrected chi connectivity index (χ3v) is 7.26. The number of carbonyl (C=O) groups excluding carboxylic acids is 1. The molecule has 1 amide bonds. The highest BCUT2D eigenvalue weighted by Gasteiger charge is 2.45. The van der Waals surface area contributed by atoms with Crippen LogP contribution in [-0.4, -0.2) is 43.7 Å². The van der Waals surface area contributed by atoms with Gasteiger partial charge in [-0.25, -0.2) is 9.67 Å². The molecule has 0 unspecified atom stereocenters. The molecule has 0 spiro atoms. The van der Waals surface area contributed by atoms with Crippen molar-refractivity contribution >= 4 is 39.8 Å². The van der Waals surface area contributed by atoms with E-state index in [1.54, 1.807) is 4.68 Å². The van der Waals surface area contributed by atoms with Crippen LogP contribution in [0, 0.1) is 6.92 Å². The molecule has 0 N–H and O–H groups in total. The van der Waals surface area contributed by atoms with Gasteiger partial charge in [0.15, 0.2) is 5.69 Å². The van der Waals surface area contributed by atoms with E-state index >= 15 is 0 Å². The van der Waals surface area contributed by atoms with E-state index in [1.807, 2.05) is 55.3 Å². The first-order chi connectivity index (χ1) is 17.3. The fourth-order valence-electron chi connectivity index (χ4n) is 5.33. The molecule has 0 aliphatic carbocycles. The molecule has 2 aromatic heterocycles. The summed E-state index contributed by atoms with van der Waals surface area (Å²) in [7, 11) is 1.86. The highest BCUT2D eigenvalue weighted by Crippen LogP contribution is 2.45. The maximum Gasteiger partial charge on any atom is 0.279 e. The van der Waals surface area contributed by atoms with Crippen LogP contribution in [0.1, 0.15) is 65.5 Å². The van der Waals surface area contributed by atoms with Crippen molar-refractivity contribution in [3.05, 3.63) is 75.8 Å². The summed E-state index contributed by atoms with van der Waals surface area (Å²) in [4.78, 5) is 20.9. The van der Waals surface area contributed by atoms with Gasteiger partial charge >= 0.3 is 0 Å². The highest BCUT2D eigenvalue weighted by atomic mass is 35.5. The highest BCUT2D eigenvalue weighted by molar-refractivity contribution is 6.30. The summed E-state index contributed by atoms with van der Waals surface area (Å²) >= 11 is 6.25. The lowest BCUT2D eigenvalue weighted by Crippen LogP contribution is -2.30. The van der Waals surface area contributed by atoms with Crippen LogP contribution in [0.4, 0.5) is 5.69 Å². The Kier molecular flexibility index (Phi) is 5.46. The summed E-state index contributed by atoms with van der Waals surface area (Å²) in [6.07, 6.45) is 2.85. The fraction of sp³-hybridized carbons (Fsp3) is 0.333. The SMILES string of the molecule is Cc1cc(N2C(=O)c3nc(C4=CCOCC4)n(C(C)C)c3[C@@H]2c2ccc(Cl)cc2)cc2c1nnn2C. The molecule has 4 heterocycles. The van der Waals surface area contributed by atoms with Crippen molar-refractivity contribution in [2.75, 3.05) is 18.1 Å². The zero-order valence-corrected chi connectivity index (χ0v) is 21.5. The van der Waals surface area contributed by atoms with Crippen molar-refractivity contribution in [2.45, 2.75) is 39.3 Å². The predicted octanol–water partition coefficient (Wildman–Crippen LogP) is 5.26. The number of rotatable bonds is 4. The van der Waals surface area contributed by atoms with E-state index < -0.39 is 0 Å². The second-order valence-electron chi connectivity index (χ2n) is 9.66. The van der Waals surface area contributed by atoms with Crippen molar-refractivity contribution < 1.29 is 9.53 Å². The summed E-state index contributed by atoms with van der Waals surface area (Å²) in [5.41, 5.74) is 6.94. The number of ether oxygens (including phenoxy) is 1. The van der Waals surface area contributed by atoms with Crippen LogP contribution in [-0.2, 0) is 11.8 Å². The molecule has 0 saturated carbocycles. The second-order valence-corrected chi connectivity index (χ2v) is 10.1. The Labute approximate surface area is 214 Å². The van der Waals surface area contributed by atoms with E-state index in [1.165, 1.54) is 0 Å². The molecule has 2 aliphatic rings. The molecule has 1 atom stereocenters. The number of anilines is 1. The molecule has 0 radical (unpaired) electrons. The zero-order chi connectivity index (χ0) is 25.1. The standard InChI is InChI=1S/C27H27ClN6O2/c1-15(2)33-25-23(29-26(33)18-9-11-36-12-10-18)27(35)34(24(25)17-5-7-19(28)8-6-17)20-13-16(3)22-21(14-20)32(4)31-30-22/h5-9,13-15,24H,10-12H2,1-4H3/t24-/m0/s1. The van der Waals surface area contributed by atoms with Crippen LogP contribution >= 0.6 is 11.6 Å². The Balaban J connectivity index is 1.59. The van der Waals surface area contributed by atoms with Gasteiger partial charge in [0.25, 0.3) is 5.91 Å². The summed E-state index contributed by atoms with van der Waals surface area (Å²) in [5, 5.41) is 9.11. The van der Waals surface area contributed by atoms with Gasteiger partial charge in [-0.05, 0) is 68.2 Å². The van der Waals surface area contributed by atoms with Gasteiger partial charge in [-0.1, -0.05) is 35.0 Å². The van der Waals surface area contributed by atoms with Crippen molar-refractivity contribution in [3.63, 3.8) is 0 Å². The van der Waals surface area contributed by atoms with Gasteiger partial charge < -0.3 is 9.30 Å². The number of nitrogens with zero attached hydrogens (tertiary/aromatic N) is 6. The molecule has 4 aromatic rings. The van der Waals surface area contributed by atoms with Gasteiger partial charge in [0.05, 0.1) is 24.4 Å². The van der Waals surface area contributed by atoms with Gasteiger partial charge in [-0.3, -0.25) is 9.69 Å². The Bertz CT molecular complexity index is 1530. The van der Waals surface area contributed by atoms with E-state index in [0.29, 0.717) is 23.9 Å². The molecule has 0 fully saturated rings. The molecule has 0 bridgehead atoms. The minimum absolute atomic E-state index is 0.105. The lowest BCUT2D eigenvalue weighted by Gasteiger charge is -2.29. The number of fused-ring (bicyclic) bond motifs is 2. The first-order valence-electron chi connectivity index (χ1n) is 12.1. The Morgan fingerprint density at radius 2 is 1.94 bits per heavy atom. The fourth-order valence-corrected chi connectivity index (χ4v) is 5.46. The summed E-state index contributed by atoms with van der Waals surface area (Å²) in [6, 6.07) is 11.5. The van der Waals surface area contributed by atoms with Crippen LogP contribution in [0.25, 0.3) is 16.6 Å². The van der Waals surface area contributed by atoms with E-state index in [4.69, 9.17) is 21.3 Å². The minimum atomic E-state index is -0.355. The normalized spacial score (nSPS) is 17.8. The summed E-state index contributed by atoms with van der Waals surface area (Å²) < 4.78 is 9.49. The zero-order valence-electron chi connectivity index (χ0n) is 20.7. The summed E-state index contributed by atoms with van der Waals surface area (Å²) in [6.45, 7) is 7.47. The maximum atomic E-state index is 14.1. The number of halogens is 1. The molecular weight excluding hydrogens is 476 g/mol. The number of benzene rings is 2. The quantitative estimate of drug-likeness (QED) is 0.380. The van der Waals surface area contributed by atoms with Crippen LogP contribution in [0.3, 0.4) is 0 Å². The molecule has 36 heavy (non-hydrogen) atoms. The molecule has 2 aliphatic heterocycles. The number of aromatic nitrogens is 5. The number of aryl methyl sites for hydroxylation is 2. The third-order valence-electron chi connectivity index (χ3n) is 7.01. The minimum Gasteiger partial charge on any atom is -0.377 e.